The van der Waals surface area contributed by atoms with Crippen molar-refractivity contribution in [1.82, 2.24) is 4.90 Å². The second kappa shape index (κ2) is 6.02. The van der Waals surface area contributed by atoms with Crippen molar-refractivity contribution in [3.63, 3.8) is 0 Å². The van der Waals surface area contributed by atoms with Crippen LogP contribution in [-0.4, -0.2) is 28.8 Å². The van der Waals surface area contributed by atoms with E-state index in [-0.39, 0.29) is 22.6 Å². The van der Waals surface area contributed by atoms with Gasteiger partial charge in [0.25, 0.3) is 11.6 Å². The molecular weight excluding hydrogens is 292 g/mol. The van der Waals surface area contributed by atoms with Gasteiger partial charge in [-0.05, 0) is 36.8 Å². The van der Waals surface area contributed by atoms with Crippen molar-refractivity contribution in [2.24, 2.45) is 5.41 Å². The molecule has 1 aromatic rings. The van der Waals surface area contributed by atoms with Gasteiger partial charge >= 0.3 is 0 Å². The molecule has 1 aliphatic rings. The molecule has 5 nitrogen and oxygen atoms in total. The molecule has 0 saturated carbocycles. The fraction of sp³-hybridized carbons (Fsp3) is 0.533. The molecule has 0 bridgehead atoms. The number of carbonyl (C=O) groups excluding carboxylic acids is 1. The lowest BCUT2D eigenvalue weighted by molar-refractivity contribution is -0.385. The minimum Gasteiger partial charge on any atom is -0.338 e. The Morgan fingerprint density at radius 2 is 2.05 bits per heavy atom. The first-order chi connectivity index (χ1) is 9.80. The second-order valence-corrected chi connectivity index (χ2v) is 6.66. The summed E-state index contributed by atoms with van der Waals surface area (Å²) < 4.78 is 0. The van der Waals surface area contributed by atoms with E-state index >= 15 is 0 Å². The number of amides is 1. The first-order valence-electron chi connectivity index (χ1n) is 7.03. The minimum absolute atomic E-state index is 0.0761. The molecule has 21 heavy (non-hydrogen) atoms. The van der Waals surface area contributed by atoms with E-state index in [2.05, 4.69) is 13.8 Å². The summed E-state index contributed by atoms with van der Waals surface area (Å²) in [6.45, 7) is 5.62. The van der Waals surface area contributed by atoms with Crippen molar-refractivity contribution in [2.45, 2.75) is 33.1 Å². The Morgan fingerprint density at radius 1 is 1.33 bits per heavy atom. The van der Waals surface area contributed by atoms with Crippen LogP contribution in [0.3, 0.4) is 0 Å². The average molecular weight is 311 g/mol. The fourth-order valence-corrected chi connectivity index (χ4v) is 2.81. The Labute approximate surface area is 129 Å². The van der Waals surface area contributed by atoms with Gasteiger partial charge in [-0.25, -0.2) is 0 Å². The van der Waals surface area contributed by atoms with Crippen LogP contribution in [-0.2, 0) is 0 Å². The van der Waals surface area contributed by atoms with Gasteiger partial charge in [-0.15, -0.1) is 0 Å². The molecule has 1 aromatic carbocycles. The Bertz CT molecular complexity index is 572. The van der Waals surface area contributed by atoms with Crippen LogP contribution < -0.4 is 0 Å². The highest BCUT2D eigenvalue weighted by molar-refractivity contribution is 6.31. The van der Waals surface area contributed by atoms with E-state index in [1.165, 1.54) is 18.2 Å². The van der Waals surface area contributed by atoms with Gasteiger partial charge in [0.05, 0.1) is 4.92 Å². The highest BCUT2D eigenvalue weighted by atomic mass is 35.5. The largest absolute Gasteiger partial charge is 0.338 e. The van der Waals surface area contributed by atoms with Crippen molar-refractivity contribution < 1.29 is 9.72 Å². The Kier molecular flexibility index (Phi) is 4.52. The molecular formula is C15H19ClN2O3. The van der Waals surface area contributed by atoms with Crippen LogP contribution in [0.5, 0.6) is 0 Å². The number of hydrogen-bond acceptors (Lipinski definition) is 3. The zero-order valence-electron chi connectivity index (χ0n) is 12.3. The number of nitrogens with zero attached hydrogens (tertiary/aromatic N) is 2. The van der Waals surface area contributed by atoms with E-state index in [1.807, 2.05) is 0 Å². The summed E-state index contributed by atoms with van der Waals surface area (Å²) in [7, 11) is 0. The number of carbonyl (C=O) groups is 1. The van der Waals surface area contributed by atoms with E-state index < -0.39 is 4.92 Å². The lowest BCUT2D eigenvalue weighted by Gasteiger charge is -2.23. The summed E-state index contributed by atoms with van der Waals surface area (Å²) in [4.78, 5) is 24.9. The van der Waals surface area contributed by atoms with E-state index in [0.717, 1.165) is 19.3 Å². The second-order valence-electron chi connectivity index (χ2n) is 6.23. The monoisotopic (exact) mass is 310 g/mol. The number of benzene rings is 1. The topological polar surface area (TPSA) is 63.5 Å². The predicted molar refractivity (Wildman–Crippen MR) is 81.6 cm³/mol. The summed E-state index contributed by atoms with van der Waals surface area (Å²) in [5, 5.41) is 11.4. The average Bonchev–Trinajstić information content (AvgIpc) is 2.58. The van der Waals surface area contributed by atoms with Gasteiger partial charge in [0.15, 0.2) is 0 Å². The van der Waals surface area contributed by atoms with Crippen LogP contribution in [0.1, 0.15) is 43.5 Å². The van der Waals surface area contributed by atoms with Crippen molar-refractivity contribution in [2.75, 3.05) is 13.1 Å². The normalized spacial score (nSPS) is 18.1. The van der Waals surface area contributed by atoms with Gasteiger partial charge in [0.1, 0.15) is 5.56 Å². The van der Waals surface area contributed by atoms with Gasteiger partial charge in [0.2, 0.25) is 0 Å². The predicted octanol–water partition coefficient (Wildman–Crippen LogP) is 3.90. The highest BCUT2D eigenvalue weighted by Gasteiger charge is 2.29. The molecule has 1 saturated heterocycles. The molecule has 114 valence electrons. The van der Waals surface area contributed by atoms with E-state index in [1.54, 1.807) is 4.90 Å². The number of rotatable bonds is 2. The Balaban J connectivity index is 2.27. The van der Waals surface area contributed by atoms with Gasteiger partial charge in [-0.3, -0.25) is 14.9 Å². The quantitative estimate of drug-likeness (QED) is 0.614. The molecule has 1 fully saturated rings. The number of likely N-dealkylation sites (tertiary alicyclic amines) is 1. The molecule has 6 heteroatoms. The number of nitro groups is 1. The van der Waals surface area contributed by atoms with Crippen molar-refractivity contribution >= 4 is 23.2 Å². The zero-order valence-corrected chi connectivity index (χ0v) is 13.0. The maximum atomic E-state index is 12.6. The van der Waals surface area contributed by atoms with E-state index in [0.29, 0.717) is 18.1 Å². The fourth-order valence-electron chi connectivity index (χ4n) is 2.64. The summed E-state index contributed by atoms with van der Waals surface area (Å²) in [6, 6.07) is 4.11. The molecule has 0 aliphatic carbocycles. The lowest BCUT2D eigenvalue weighted by atomic mass is 9.85. The number of nitro benzene ring substituents is 1. The van der Waals surface area contributed by atoms with Gasteiger partial charge < -0.3 is 4.90 Å². The van der Waals surface area contributed by atoms with Crippen LogP contribution in [0.2, 0.25) is 5.02 Å². The lowest BCUT2D eigenvalue weighted by Crippen LogP contribution is -2.32. The minimum atomic E-state index is -0.536. The summed E-state index contributed by atoms with van der Waals surface area (Å²) >= 11 is 5.89. The zero-order chi connectivity index (χ0) is 15.6. The summed E-state index contributed by atoms with van der Waals surface area (Å²) in [5.41, 5.74) is 0.0927. The van der Waals surface area contributed by atoms with E-state index in [4.69, 9.17) is 11.6 Å². The maximum absolute atomic E-state index is 12.6. The van der Waals surface area contributed by atoms with Crippen LogP contribution in [0.25, 0.3) is 0 Å². The number of halogens is 1. The van der Waals surface area contributed by atoms with Gasteiger partial charge in [0, 0.05) is 24.2 Å². The van der Waals surface area contributed by atoms with Crippen LogP contribution in [0.15, 0.2) is 18.2 Å². The Morgan fingerprint density at radius 3 is 2.71 bits per heavy atom. The molecule has 1 aliphatic heterocycles. The van der Waals surface area contributed by atoms with Crippen LogP contribution >= 0.6 is 11.6 Å². The summed E-state index contributed by atoms with van der Waals surface area (Å²) in [5.74, 6) is -0.304. The Hall–Kier alpha value is -1.62. The first kappa shape index (κ1) is 15.8. The molecule has 1 amide bonds. The molecule has 0 atom stereocenters. The van der Waals surface area contributed by atoms with Crippen LogP contribution in [0.4, 0.5) is 5.69 Å². The number of hydrogen-bond donors (Lipinski definition) is 0. The van der Waals surface area contributed by atoms with Crippen molar-refractivity contribution in [3.05, 3.63) is 38.9 Å². The van der Waals surface area contributed by atoms with Crippen LogP contribution in [0, 0.1) is 15.5 Å². The highest BCUT2D eigenvalue weighted by Crippen LogP contribution is 2.31. The molecule has 0 radical (unpaired) electrons. The molecule has 0 aromatic heterocycles. The standard InChI is InChI=1S/C15H19ClN2O3/c1-15(2)6-3-8-17(9-7-15)14(19)12-10-11(16)4-5-13(12)18(20)21/h4-5,10H,3,6-9H2,1-2H3. The van der Waals surface area contributed by atoms with Gasteiger partial charge in [-0.2, -0.15) is 0 Å². The third-order valence-electron chi connectivity index (χ3n) is 4.01. The first-order valence-corrected chi connectivity index (χ1v) is 7.41. The SMILES string of the molecule is CC1(C)CCCN(C(=O)c2cc(Cl)ccc2[N+](=O)[O-])CC1. The van der Waals surface area contributed by atoms with Gasteiger partial charge in [-0.1, -0.05) is 25.4 Å². The van der Waals surface area contributed by atoms with Crippen molar-refractivity contribution in [3.8, 4) is 0 Å². The molecule has 2 rings (SSSR count). The molecule has 0 N–H and O–H groups in total. The maximum Gasteiger partial charge on any atom is 0.282 e. The third kappa shape index (κ3) is 3.73. The van der Waals surface area contributed by atoms with Crippen molar-refractivity contribution in [1.29, 1.82) is 0 Å². The third-order valence-corrected chi connectivity index (χ3v) is 4.25. The molecule has 1 heterocycles. The molecule has 0 spiro atoms. The van der Waals surface area contributed by atoms with E-state index in [9.17, 15) is 14.9 Å². The molecule has 0 unspecified atom stereocenters. The summed E-state index contributed by atoms with van der Waals surface area (Å²) in [6.07, 6.45) is 2.86. The smallest absolute Gasteiger partial charge is 0.282 e.